The molecule has 3 heteroatoms. The Labute approximate surface area is 110 Å². The van der Waals surface area contributed by atoms with Gasteiger partial charge < -0.3 is 10.5 Å². The summed E-state index contributed by atoms with van der Waals surface area (Å²) in [5.41, 5.74) is 7.12. The normalized spacial score (nSPS) is 24.4. The van der Waals surface area contributed by atoms with Crippen molar-refractivity contribution in [2.24, 2.45) is 5.73 Å². The predicted molar refractivity (Wildman–Crippen MR) is 74.3 cm³/mol. The van der Waals surface area contributed by atoms with E-state index in [0.717, 1.165) is 39.1 Å². The van der Waals surface area contributed by atoms with Crippen molar-refractivity contribution in [2.75, 3.05) is 19.7 Å². The zero-order chi connectivity index (χ0) is 12.8. The van der Waals surface area contributed by atoms with Crippen molar-refractivity contribution in [2.45, 2.75) is 38.5 Å². The minimum absolute atomic E-state index is 0.375. The van der Waals surface area contributed by atoms with E-state index < -0.39 is 0 Å². The highest BCUT2D eigenvalue weighted by atomic mass is 16.5. The molecule has 18 heavy (non-hydrogen) atoms. The largest absolute Gasteiger partial charge is 0.378 e. The fraction of sp³-hybridized carbons (Fsp3) is 0.600. The zero-order valence-electron chi connectivity index (χ0n) is 11.2. The zero-order valence-corrected chi connectivity index (χ0v) is 11.2. The second-order valence-corrected chi connectivity index (χ2v) is 5.10. The van der Waals surface area contributed by atoms with Gasteiger partial charge in [0.25, 0.3) is 0 Å². The van der Waals surface area contributed by atoms with Crippen molar-refractivity contribution in [1.82, 2.24) is 4.90 Å². The van der Waals surface area contributed by atoms with Crippen LogP contribution < -0.4 is 5.73 Å². The fourth-order valence-electron chi connectivity index (χ4n) is 2.68. The smallest absolute Gasteiger partial charge is 0.0561 e. The summed E-state index contributed by atoms with van der Waals surface area (Å²) < 4.78 is 5.63. The van der Waals surface area contributed by atoms with Gasteiger partial charge in [0.2, 0.25) is 0 Å². The molecule has 3 nitrogen and oxygen atoms in total. The third-order valence-corrected chi connectivity index (χ3v) is 3.62. The quantitative estimate of drug-likeness (QED) is 0.866. The van der Waals surface area contributed by atoms with E-state index in [1.807, 2.05) is 0 Å². The Kier molecular flexibility index (Phi) is 5.17. The second kappa shape index (κ2) is 6.88. The number of hydrogen-bond donors (Lipinski definition) is 1. The van der Waals surface area contributed by atoms with Crippen molar-refractivity contribution >= 4 is 0 Å². The molecule has 2 unspecified atom stereocenters. The minimum atomic E-state index is 0.375. The third kappa shape index (κ3) is 3.80. The van der Waals surface area contributed by atoms with Gasteiger partial charge in [-0.05, 0) is 25.3 Å². The number of benzene rings is 1. The van der Waals surface area contributed by atoms with Crippen LogP contribution >= 0.6 is 0 Å². The molecule has 100 valence electrons. The maximum Gasteiger partial charge on any atom is 0.0561 e. The van der Waals surface area contributed by atoms with Crippen molar-refractivity contribution in [3.05, 3.63) is 35.9 Å². The number of rotatable bonds is 5. The molecule has 1 aliphatic rings. The number of hydrogen-bond acceptors (Lipinski definition) is 3. The number of nitrogens with zero attached hydrogens (tertiary/aromatic N) is 1. The lowest BCUT2D eigenvalue weighted by molar-refractivity contribution is -0.0187. The average molecular weight is 248 g/mol. The third-order valence-electron chi connectivity index (χ3n) is 3.62. The van der Waals surface area contributed by atoms with Crippen LogP contribution in [-0.2, 0) is 11.3 Å². The number of nitrogens with two attached hydrogens (primary N) is 1. The first-order chi connectivity index (χ1) is 8.79. The van der Waals surface area contributed by atoms with E-state index in [-0.39, 0.29) is 0 Å². The molecule has 0 amide bonds. The van der Waals surface area contributed by atoms with E-state index in [2.05, 4.69) is 42.2 Å². The first-order valence-corrected chi connectivity index (χ1v) is 6.89. The van der Waals surface area contributed by atoms with Crippen LogP contribution in [0.15, 0.2) is 30.3 Å². The lowest BCUT2D eigenvalue weighted by Gasteiger charge is -2.36. The van der Waals surface area contributed by atoms with Crippen LogP contribution in [0.5, 0.6) is 0 Å². The molecule has 2 atom stereocenters. The maximum atomic E-state index is 5.75. The topological polar surface area (TPSA) is 38.5 Å². The molecule has 1 aromatic carbocycles. The molecule has 0 aliphatic carbocycles. The molecule has 2 rings (SSSR count). The van der Waals surface area contributed by atoms with Gasteiger partial charge in [0.15, 0.2) is 0 Å². The van der Waals surface area contributed by atoms with E-state index in [0.29, 0.717) is 12.1 Å². The summed E-state index contributed by atoms with van der Waals surface area (Å²) in [5, 5.41) is 0. The molecule has 0 aromatic heterocycles. The summed E-state index contributed by atoms with van der Waals surface area (Å²) in [6.07, 6.45) is 2.61. The summed E-state index contributed by atoms with van der Waals surface area (Å²) in [5.74, 6) is 0. The van der Waals surface area contributed by atoms with Crippen molar-refractivity contribution in [1.29, 1.82) is 0 Å². The highest BCUT2D eigenvalue weighted by Crippen LogP contribution is 2.20. The molecule has 1 saturated heterocycles. The molecule has 0 radical (unpaired) electrons. The molecule has 0 saturated carbocycles. The predicted octanol–water partition coefficient (Wildman–Crippen LogP) is 2.01. The average Bonchev–Trinajstić information content (AvgIpc) is 2.39. The van der Waals surface area contributed by atoms with E-state index in [4.69, 9.17) is 10.5 Å². The van der Waals surface area contributed by atoms with Gasteiger partial charge in [0.1, 0.15) is 0 Å². The van der Waals surface area contributed by atoms with Crippen molar-refractivity contribution in [3.63, 3.8) is 0 Å². The summed E-state index contributed by atoms with van der Waals surface area (Å²) >= 11 is 0. The van der Waals surface area contributed by atoms with Crippen LogP contribution in [0.3, 0.4) is 0 Å². The van der Waals surface area contributed by atoms with Gasteiger partial charge >= 0.3 is 0 Å². The summed E-state index contributed by atoms with van der Waals surface area (Å²) in [7, 11) is 0. The monoisotopic (exact) mass is 248 g/mol. The van der Waals surface area contributed by atoms with Gasteiger partial charge in [0.05, 0.1) is 6.10 Å². The maximum absolute atomic E-state index is 5.75. The van der Waals surface area contributed by atoms with Gasteiger partial charge in [0, 0.05) is 32.3 Å². The first kappa shape index (κ1) is 13.5. The van der Waals surface area contributed by atoms with Crippen LogP contribution in [-0.4, -0.2) is 36.7 Å². The summed E-state index contributed by atoms with van der Waals surface area (Å²) in [4.78, 5) is 2.51. The highest BCUT2D eigenvalue weighted by Gasteiger charge is 2.24. The van der Waals surface area contributed by atoms with E-state index in [1.165, 1.54) is 5.56 Å². The van der Waals surface area contributed by atoms with Gasteiger partial charge in [-0.1, -0.05) is 30.3 Å². The van der Waals surface area contributed by atoms with Gasteiger partial charge in [-0.2, -0.15) is 0 Å². The molecule has 2 N–H and O–H groups in total. The lowest BCUT2D eigenvalue weighted by Crippen LogP contribution is -2.43. The number of ether oxygens (including phenoxy) is 1. The van der Waals surface area contributed by atoms with Gasteiger partial charge in [-0.3, -0.25) is 4.90 Å². The highest BCUT2D eigenvalue weighted by molar-refractivity contribution is 5.14. The SMILES string of the molecule is CC1CC(N(CCN)Cc2ccccc2)CCO1. The Morgan fingerprint density at radius 2 is 2.11 bits per heavy atom. The molecule has 0 bridgehead atoms. The summed E-state index contributed by atoms with van der Waals surface area (Å²) in [6, 6.07) is 11.2. The van der Waals surface area contributed by atoms with Crippen molar-refractivity contribution < 1.29 is 4.74 Å². The van der Waals surface area contributed by atoms with Gasteiger partial charge in [-0.25, -0.2) is 0 Å². The lowest BCUT2D eigenvalue weighted by atomic mass is 10.0. The molecule has 0 spiro atoms. The van der Waals surface area contributed by atoms with Crippen LogP contribution in [0, 0.1) is 0 Å². The van der Waals surface area contributed by atoms with E-state index in [9.17, 15) is 0 Å². The van der Waals surface area contributed by atoms with Crippen molar-refractivity contribution in [3.8, 4) is 0 Å². The molecular weight excluding hydrogens is 224 g/mol. The Bertz CT molecular complexity index is 342. The van der Waals surface area contributed by atoms with E-state index >= 15 is 0 Å². The Morgan fingerprint density at radius 3 is 2.78 bits per heavy atom. The first-order valence-electron chi connectivity index (χ1n) is 6.89. The van der Waals surface area contributed by atoms with Crippen LogP contribution in [0.25, 0.3) is 0 Å². The Hall–Kier alpha value is -0.900. The summed E-state index contributed by atoms with van der Waals surface area (Å²) in [6.45, 7) is 5.72. The molecule has 1 heterocycles. The Morgan fingerprint density at radius 1 is 1.33 bits per heavy atom. The van der Waals surface area contributed by atoms with E-state index in [1.54, 1.807) is 0 Å². The molecule has 1 aliphatic heterocycles. The van der Waals surface area contributed by atoms with Crippen LogP contribution in [0.1, 0.15) is 25.3 Å². The van der Waals surface area contributed by atoms with Crippen LogP contribution in [0.2, 0.25) is 0 Å². The Balaban J connectivity index is 1.98. The van der Waals surface area contributed by atoms with Gasteiger partial charge in [-0.15, -0.1) is 0 Å². The molecule has 1 aromatic rings. The minimum Gasteiger partial charge on any atom is -0.378 e. The fourth-order valence-corrected chi connectivity index (χ4v) is 2.68. The molecule has 1 fully saturated rings. The standard InChI is InChI=1S/C15H24N2O/c1-13-11-15(7-10-18-13)17(9-8-16)12-14-5-3-2-4-6-14/h2-6,13,15H,7-12,16H2,1H3. The second-order valence-electron chi connectivity index (χ2n) is 5.10. The molecular formula is C15H24N2O. The van der Waals surface area contributed by atoms with Crippen LogP contribution in [0.4, 0.5) is 0 Å².